The van der Waals surface area contributed by atoms with Gasteiger partial charge in [0.2, 0.25) is 0 Å². The van der Waals surface area contributed by atoms with Gasteiger partial charge in [0.15, 0.2) is 0 Å². The molecule has 1 unspecified atom stereocenters. The van der Waals surface area contributed by atoms with E-state index in [1.54, 1.807) is 0 Å². The lowest BCUT2D eigenvalue weighted by Crippen LogP contribution is -2.50. The standard InChI is InChI=1S/C17H27N3/c1-2-9-18-13-15-6-3-4-8-17(15)20-12-11-19-10-5-7-16(19)14-20/h3-4,6,8,16,18H,2,5,7,9-14H2,1H3. The zero-order valence-electron chi connectivity index (χ0n) is 12.6. The van der Waals surface area contributed by atoms with Gasteiger partial charge in [-0.2, -0.15) is 0 Å². The van der Waals surface area contributed by atoms with Crippen molar-refractivity contribution in [1.82, 2.24) is 10.2 Å². The van der Waals surface area contributed by atoms with E-state index in [2.05, 4.69) is 46.3 Å². The largest absolute Gasteiger partial charge is 0.368 e. The fourth-order valence-corrected chi connectivity index (χ4v) is 3.58. The first-order chi connectivity index (χ1) is 9.88. The zero-order valence-corrected chi connectivity index (χ0v) is 12.6. The van der Waals surface area contributed by atoms with Crippen LogP contribution < -0.4 is 10.2 Å². The van der Waals surface area contributed by atoms with Crippen molar-refractivity contribution in [2.24, 2.45) is 0 Å². The number of piperazine rings is 1. The number of hydrogen-bond acceptors (Lipinski definition) is 3. The topological polar surface area (TPSA) is 18.5 Å². The Kier molecular flexibility index (Phi) is 4.58. The van der Waals surface area contributed by atoms with Crippen molar-refractivity contribution in [2.75, 3.05) is 37.6 Å². The predicted molar refractivity (Wildman–Crippen MR) is 85.2 cm³/mol. The van der Waals surface area contributed by atoms with Gasteiger partial charge in [-0.25, -0.2) is 0 Å². The van der Waals surface area contributed by atoms with Gasteiger partial charge in [0.05, 0.1) is 0 Å². The van der Waals surface area contributed by atoms with Gasteiger partial charge in [0.1, 0.15) is 0 Å². The summed E-state index contributed by atoms with van der Waals surface area (Å²) in [4.78, 5) is 5.28. The SMILES string of the molecule is CCCNCc1ccccc1N1CCN2CCCC2C1. The molecule has 1 aromatic carbocycles. The maximum atomic E-state index is 3.54. The molecule has 2 aliphatic rings. The molecule has 1 N–H and O–H groups in total. The molecule has 2 heterocycles. The van der Waals surface area contributed by atoms with Crippen LogP contribution in [0.4, 0.5) is 5.69 Å². The smallest absolute Gasteiger partial charge is 0.0412 e. The molecule has 110 valence electrons. The number of hydrogen-bond donors (Lipinski definition) is 1. The van der Waals surface area contributed by atoms with E-state index in [0.717, 1.165) is 19.1 Å². The van der Waals surface area contributed by atoms with Gasteiger partial charge < -0.3 is 10.2 Å². The van der Waals surface area contributed by atoms with Crippen molar-refractivity contribution >= 4 is 5.69 Å². The predicted octanol–water partition coefficient (Wildman–Crippen LogP) is 2.47. The highest BCUT2D eigenvalue weighted by Crippen LogP contribution is 2.27. The summed E-state index contributed by atoms with van der Waals surface area (Å²) in [5, 5.41) is 3.54. The molecular formula is C17H27N3. The molecule has 0 bridgehead atoms. The molecule has 3 rings (SSSR count). The summed E-state index contributed by atoms with van der Waals surface area (Å²) < 4.78 is 0. The molecule has 1 atom stereocenters. The van der Waals surface area contributed by atoms with Crippen LogP contribution >= 0.6 is 0 Å². The number of fused-ring (bicyclic) bond motifs is 1. The normalized spacial score (nSPS) is 23.1. The average molecular weight is 273 g/mol. The van der Waals surface area contributed by atoms with Crippen molar-refractivity contribution in [1.29, 1.82) is 0 Å². The highest BCUT2D eigenvalue weighted by Gasteiger charge is 2.30. The van der Waals surface area contributed by atoms with Crippen molar-refractivity contribution < 1.29 is 0 Å². The average Bonchev–Trinajstić information content (AvgIpc) is 2.95. The van der Waals surface area contributed by atoms with E-state index in [9.17, 15) is 0 Å². The third-order valence-electron chi connectivity index (χ3n) is 4.66. The third kappa shape index (κ3) is 2.99. The Labute approximate surface area is 123 Å². The van der Waals surface area contributed by atoms with Gasteiger partial charge in [-0.1, -0.05) is 25.1 Å². The van der Waals surface area contributed by atoms with E-state index in [0.29, 0.717) is 0 Å². The molecule has 0 radical (unpaired) electrons. The van der Waals surface area contributed by atoms with Gasteiger partial charge in [-0.3, -0.25) is 4.90 Å². The molecule has 20 heavy (non-hydrogen) atoms. The summed E-state index contributed by atoms with van der Waals surface area (Å²) >= 11 is 0. The fraction of sp³-hybridized carbons (Fsp3) is 0.647. The second-order valence-corrected chi connectivity index (χ2v) is 6.08. The summed E-state index contributed by atoms with van der Waals surface area (Å²) in [5.74, 6) is 0. The van der Waals surface area contributed by atoms with Crippen LogP contribution in [0.3, 0.4) is 0 Å². The van der Waals surface area contributed by atoms with E-state index >= 15 is 0 Å². The van der Waals surface area contributed by atoms with Crippen LogP contribution in [-0.2, 0) is 6.54 Å². The summed E-state index contributed by atoms with van der Waals surface area (Å²) in [6, 6.07) is 9.71. The first-order valence-corrected chi connectivity index (χ1v) is 8.16. The van der Waals surface area contributed by atoms with E-state index < -0.39 is 0 Å². The first kappa shape index (κ1) is 13.9. The van der Waals surface area contributed by atoms with Gasteiger partial charge in [-0.05, 0) is 44.0 Å². The summed E-state index contributed by atoms with van der Waals surface area (Å²) in [7, 11) is 0. The van der Waals surface area contributed by atoms with Crippen LogP contribution in [0.15, 0.2) is 24.3 Å². The number of anilines is 1. The Balaban J connectivity index is 1.69. The van der Waals surface area contributed by atoms with Gasteiger partial charge in [0, 0.05) is 37.9 Å². The van der Waals surface area contributed by atoms with Crippen molar-refractivity contribution in [2.45, 2.75) is 38.8 Å². The van der Waals surface area contributed by atoms with Crippen LogP contribution in [0.1, 0.15) is 31.7 Å². The molecule has 0 aliphatic carbocycles. The molecule has 3 nitrogen and oxygen atoms in total. The summed E-state index contributed by atoms with van der Waals surface area (Å²) in [6.07, 6.45) is 3.97. The molecule has 0 aromatic heterocycles. The molecule has 2 saturated heterocycles. The Bertz CT molecular complexity index is 432. The van der Waals surface area contributed by atoms with E-state index in [-0.39, 0.29) is 0 Å². The van der Waals surface area contributed by atoms with Crippen molar-refractivity contribution in [3.63, 3.8) is 0 Å². The lowest BCUT2D eigenvalue weighted by atomic mass is 10.1. The minimum absolute atomic E-state index is 0.792. The lowest BCUT2D eigenvalue weighted by Gasteiger charge is -2.39. The van der Waals surface area contributed by atoms with Crippen molar-refractivity contribution in [3.05, 3.63) is 29.8 Å². The molecule has 2 fully saturated rings. The summed E-state index contributed by atoms with van der Waals surface area (Å²) in [5.41, 5.74) is 2.90. The highest BCUT2D eigenvalue weighted by molar-refractivity contribution is 5.54. The minimum atomic E-state index is 0.792. The maximum Gasteiger partial charge on any atom is 0.0412 e. The van der Waals surface area contributed by atoms with E-state index in [1.165, 1.54) is 56.7 Å². The van der Waals surface area contributed by atoms with Crippen LogP contribution in [-0.4, -0.2) is 43.7 Å². The molecule has 3 heteroatoms. The van der Waals surface area contributed by atoms with Crippen LogP contribution in [0.25, 0.3) is 0 Å². The van der Waals surface area contributed by atoms with E-state index in [1.807, 2.05) is 0 Å². The Morgan fingerprint density at radius 1 is 1.20 bits per heavy atom. The molecule has 0 amide bonds. The van der Waals surface area contributed by atoms with Crippen LogP contribution in [0.2, 0.25) is 0 Å². The minimum Gasteiger partial charge on any atom is -0.368 e. The molecule has 1 aromatic rings. The Hall–Kier alpha value is -1.06. The molecule has 0 spiro atoms. The third-order valence-corrected chi connectivity index (χ3v) is 4.66. The summed E-state index contributed by atoms with van der Waals surface area (Å²) in [6.45, 7) is 9.27. The molecular weight excluding hydrogens is 246 g/mol. The molecule has 0 saturated carbocycles. The first-order valence-electron chi connectivity index (χ1n) is 8.16. The lowest BCUT2D eigenvalue weighted by molar-refractivity contribution is 0.231. The maximum absolute atomic E-state index is 3.54. The monoisotopic (exact) mass is 273 g/mol. The highest BCUT2D eigenvalue weighted by atomic mass is 15.3. The van der Waals surface area contributed by atoms with Gasteiger partial charge in [-0.15, -0.1) is 0 Å². The second-order valence-electron chi connectivity index (χ2n) is 6.08. The Morgan fingerprint density at radius 3 is 3.00 bits per heavy atom. The van der Waals surface area contributed by atoms with Crippen LogP contribution in [0, 0.1) is 0 Å². The quantitative estimate of drug-likeness (QED) is 0.832. The van der Waals surface area contributed by atoms with Crippen molar-refractivity contribution in [3.8, 4) is 0 Å². The van der Waals surface area contributed by atoms with Crippen LogP contribution in [0.5, 0.6) is 0 Å². The Morgan fingerprint density at radius 2 is 2.10 bits per heavy atom. The fourth-order valence-electron chi connectivity index (χ4n) is 3.58. The zero-order chi connectivity index (χ0) is 13.8. The van der Waals surface area contributed by atoms with E-state index in [4.69, 9.17) is 0 Å². The number of benzene rings is 1. The number of nitrogens with zero attached hydrogens (tertiary/aromatic N) is 2. The number of rotatable bonds is 5. The van der Waals surface area contributed by atoms with Gasteiger partial charge in [0.25, 0.3) is 0 Å². The van der Waals surface area contributed by atoms with Gasteiger partial charge >= 0.3 is 0 Å². The number of nitrogens with one attached hydrogen (secondary N) is 1. The number of para-hydroxylation sites is 1. The second kappa shape index (κ2) is 6.59. The molecule has 2 aliphatic heterocycles.